The fourth-order valence-corrected chi connectivity index (χ4v) is 4.13. The first-order chi connectivity index (χ1) is 17.6. The molecule has 1 unspecified atom stereocenters. The maximum absolute atomic E-state index is 13.5. The molecule has 2 heterocycles. The summed E-state index contributed by atoms with van der Waals surface area (Å²) in [6.07, 6.45) is 2.96. The summed E-state index contributed by atoms with van der Waals surface area (Å²) in [6, 6.07) is 22.5. The van der Waals surface area contributed by atoms with Gasteiger partial charge in [-0.2, -0.15) is 5.10 Å². The van der Waals surface area contributed by atoms with Crippen molar-refractivity contribution in [3.63, 3.8) is 0 Å². The van der Waals surface area contributed by atoms with Crippen LogP contribution in [0.25, 0.3) is 16.9 Å². The molecule has 3 aromatic carbocycles. The number of para-hydroxylation sites is 1. The number of benzene rings is 3. The minimum atomic E-state index is -0.450. The molecule has 1 aliphatic heterocycles. The predicted octanol–water partition coefficient (Wildman–Crippen LogP) is 4.73. The molecule has 0 saturated carbocycles. The topological polar surface area (TPSA) is 85.3 Å². The molecule has 7 nitrogen and oxygen atoms in total. The first kappa shape index (κ1) is 23.4. The lowest BCUT2D eigenvalue weighted by atomic mass is 10.1. The number of ether oxygens (including phenoxy) is 1. The number of anilines is 1. The third kappa shape index (κ3) is 5.34. The van der Waals surface area contributed by atoms with Gasteiger partial charge in [0.1, 0.15) is 11.9 Å². The van der Waals surface area contributed by atoms with Gasteiger partial charge in [-0.1, -0.05) is 24.3 Å². The molecule has 2 amide bonds. The molecule has 0 aliphatic carbocycles. The SMILES string of the molecule is O=C(NCc1cn(-c2ccccc2)nc1-c1ccc(F)cc1)c1cccc(NC(=O)C2CCCO2)c1. The fourth-order valence-electron chi connectivity index (χ4n) is 4.13. The highest BCUT2D eigenvalue weighted by atomic mass is 19.1. The van der Waals surface area contributed by atoms with Crippen LogP contribution in [0.3, 0.4) is 0 Å². The highest BCUT2D eigenvalue weighted by Gasteiger charge is 2.23. The van der Waals surface area contributed by atoms with Gasteiger partial charge in [0.2, 0.25) is 0 Å². The molecule has 1 aromatic heterocycles. The lowest BCUT2D eigenvalue weighted by Gasteiger charge is -2.11. The van der Waals surface area contributed by atoms with Crippen LogP contribution in [0.5, 0.6) is 0 Å². The average Bonchev–Trinajstić information content (AvgIpc) is 3.59. The Morgan fingerprint density at radius 3 is 2.58 bits per heavy atom. The summed E-state index contributed by atoms with van der Waals surface area (Å²) in [5, 5.41) is 10.5. The van der Waals surface area contributed by atoms with E-state index in [1.54, 1.807) is 41.1 Å². The van der Waals surface area contributed by atoms with E-state index in [0.29, 0.717) is 30.0 Å². The average molecular weight is 485 g/mol. The van der Waals surface area contributed by atoms with E-state index in [2.05, 4.69) is 10.6 Å². The van der Waals surface area contributed by atoms with E-state index in [9.17, 15) is 14.0 Å². The number of nitrogens with zero attached hydrogens (tertiary/aromatic N) is 2. The van der Waals surface area contributed by atoms with Crippen LogP contribution in [-0.2, 0) is 16.1 Å². The van der Waals surface area contributed by atoms with Crippen molar-refractivity contribution in [1.82, 2.24) is 15.1 Å². The second-order valence-corrected chi connectivity index (χ2v) is 8.54. The third-order valence-electron chi connectivity index (χ3n) is 5.98. The van der Waals surface area contributed by atoms with Crippen LogP contribution in [0.15, 0.2) is 85.1 Å². The van der Waals surface area contributed by atoms with Gasteiger partial charge in [0.05, 0.1) is 11.4 Å². The monoisotopic (exact) mass is 484 g/mol. The van der Waals surface area contributed by atoms with Gasteiger partial charge in [-0.25, -0.2) is 9.07 Å². The molecular weight excluding hydrogens is 459 g/mol. The first-order valence-electron chi connectivity index (χ1n) is 11.8. The van der Waals surface area contributed by atoms with Crippen LogP contribution < -0.4 is 10.6 Å². The smallest absolute Gasteiger partial charge is 0.253 e. The quantitative estimate of drug-likeness (QED) is 0.397. The summed E-state index contributed by atoms with van der Waals surface area (Å²) in [6.45, 7) is 0.798. The zero-order valence-corrected chi connectivity index (χ0v) is 19.5. The Bertz CT molecular complexity index is 1360. The zero-order valence-electron chi connectivity index (χ0n) is 19.5. The minimum Gasteiger partial charge on any atom is -0.368 e. The molecule has 1 aliphatic rings. The molecule has 36 heavy (non-hydrogen) atoms. The Morgan fingerprint density at radius 2 is 1.83 bits per heavy atom. The van der Waals surface area contributed by atoms with Crippen molar-refractivity contribution < 1.29 is 18.7 Å². The van der Waals surface area contributed by atoms with Gasteiger partial charge in [0.25, 0.3) is 11.8 Å². The van der Waals surface area contributed by atoms with Crippen LogP contribution in [0.2, 0.25) is 0 Å². The van der Waals surface area contributed by atoms with Gasteiger partial charge >= 0.3 is 0 Å². The van der Waals surface area contributed by atoms with E-state index in [1.807, 2.05) is 36.5 Å². The molecule has 5 rings (SSSR count). The molecule has 182 valence electrons. The van der Waals surface area contributed by atoms with Crippen LogP contribution >= 0.6 is 0 Å². The second-order valence-electron chi connectivity index (χ2n) is 8.54. The van der Waals surface area contributed by atoms with Gasteiger partial charge in [-0.05, 0) is 67.4 Å². The van der Waals surface area contributed by atoms with Crippen molar-refractivity contribution in [2.24, 2.45) is 0 Å². The number of hydrogen-bond acceptors (Lipinski definition) is 4. The van der Waals surface area contributed by atoms with Gasteiger partial charge in [-0.3, -0.25) is 9.59 Å². The van der Waals surface area contributed by atoms with Crippen molar-refractivity contribution in [3.05, 3.63) is 102 Å². The molecule has 8 heteroatoms. The third-order valence-corrected chi connectivity index (χ3v) is 5.98. The van der Waals surface area contributed by atoms with E-state index in [-0.39, 0.29) is 24.2 Å². The summed E-state index contributed by atoms with van der Waals surface area (Å²) in [4.78, 5) is 25.3. The van der Waals surface area contributed by atoms with Crippen LogP contribution in [0.1, 0.15) is 28.8 Å². The Hall–Kier alpha value is -4.30. The number of carbonyl (C=O) groups excluding carboxylic acids is 2. The van der Waals surface area contributed by atoms with E-state index in [0.717, 1.165) is 23.2 Å². The molecule has 0 spiro atoms. The zero-order chi connectivity index (χ0) is 24.9. The molecule has 2 N–H and O–H groups in total. The summed E-state index contributed by atoms with van der Waals surface area (Å²) < 4.78 is 20.7. The Balaban J connectivity index is 1.33. The van der Waals surface area contributed by atoms with Gasteiger partial charge < -0.3 is 15.4 Å². The van der Waals surface area contributed by atoms with Crippen molar-refractivity contribution in [2.75, 3.05) is 11.9 Å². The van der Waals surface area contributed by atoms with Crippen molar-refractivity contribution >= 4 is 17.5 Å². The second kappa shape index (κ2) is 10.5. The first-order valence-corrected chi connectivity index (χ1v) is 11.8. The molecule has 0 radical (unpaired) electrons. The number of aromatic nitrogens is 2. The number of carbonyl (C=O) groups is 2. The van der Waals surface area contributed by atoms with Gasteiger partial charge in [-0.15, -0.1) is 0 Å². The highest BCUT2D eigenvalue weighted by molar-refractivity contribution is 5.98. The Kier molecular flexibility index (Phi) is 6.86. The van der Waals surface area contributed by atoms with E-state index >= 15 is 0 Å². The highest BCUT2D eigenvalue weighted by Crippen LogP contribution is 2.24. The van der Waals surface area contributed by atoms with Crippen LogP contribution in [-0.4, -0.2) is 34.3 Å². The standard InChI is InChI=1S/C28H25FN4O3/c29-22-13-11-19(12-14-22)26-21(18-33(32-26)24-8-2-1-3-9-24)17-30-27(34)20-6-4-7-23(16-20)31-28(35)25-10-5-15-36-25/h1-4,6-9,11-14,16,18,25H,5,10,15,17H2,(H,30,34)(H,31,35). The number of nitrogens with one attached hydrogen (secondary N) is 2. The molecule has 4 aromatic rings. The maximum atomic E-state index is 13.5. The van der Waals surface area contributed by atoms with E-state index < -0.39 is 6.10 Å². The Morgan fingerprint density at radius 1 is 1.03 bits per heavy atom. The lowest BCUT2D eigenvalue weighted by molar-refractivity contribution is -0.124. The molecule has 1 atom stereocenters. The van der Waals surface area contributed by atoms with Crippen molar-refractivity contribution in [3.8, 4) is 16.9 Å². The molecular formula is C28H25FN4O3. The van der Waals surface area contributed by atoms with Crippen molar-refractivity contribution in [1.29, 1.82) is 0 Å². The lowest BCUT2D eigenvalue weighted by Crippen LogP contribution is -2.27. The van der Waals surface area contributed by atoms with Crippen LogP contribution in [0.4, 0.5) is 10.1 Å². The van der Waals surface area contributed by atoms with E-state index in [1.165, 1.54) is 12.1 Å². The summed E-state index contributed by atoms with van der Waals surface area (Å²) in [5.41, 5.74) is 3.99. The molecule has 1 fully saturated rings. The summed E-state index contributed by atoms with van der Waals surface area (Å²) >= 11 is 0. The van der Waals surface area contributed by atoms with Crippen molar-refractivity contribution in [2.45, 2.75) is 25.5 Å². The van der Waals surface area contributed by atoms with Gasteiger partial charge in [0.15, 0.2) is 0 Å². The summed E-state index contributed by atoms with van der Waals surface area (Å²) in [7, 11) is 0. The van der Waals surface area contributed by atoms with E-state index in [4.69, 9.17) is 9.84 Å². The van der Waals surface area contributed by atoms with Gasteiger partial charge in [0, 0.05) is 41.7 Å². The predicted molar refractivity (Wildman–Crippen MR) is 134 cm³/mol. The van der Waals surface area contributed by atoms with Crippen LogP contribution in [0, 0.1) is 5.82 Å². The maximum Gasteiger partial charge on any atom is 0.253 e. The molecule has 1 saturated heterocycles. The number of halogens is 1. The molecule has 0 bridgehead atoms. The fraction of sp³-hybridized carbons (Fsp3) is 0.179. The number of hydrogen-bond donors (Lipinski definition) is 2. The normalized spacial score (nSPS) is 15.0. The summed E-state index contributed by atoms with van der Waals surface area (Å²) in [5.74, 6) is -0.828. The Labute approximate surface area is 207 Å². The minimum absolute atomic E-state index is 0.206. The number of rotatable bonds is 7. The largest absolute Gasteiger partial charge is 0.368 e. The number of amides is 2.